The van der Waals surface area contributed by atoms with Gasteiger partial charge < -0.3 is 11.1 Å². The molecule has 3 N–H and O–H groups in total. The molecule has 1 aromatic heterocycles. The highest BCUT2D eigenvalue weighted by Gasteiger charge is 2.28. The molecule has 1 fully saturated rings. The van der Waals surface area contributed by atoms with Crippen molar-refractivity contribution in [2.45, 2.75) is 37.6 Å². The lowest BCUT2D eigenvalue weighted by Crippen LogP contribution is -2.51. The van der Waals surface area contributed by atoms with Gasteiger partial charge in [-0.1, -0.05) is 30.9 Å². The molecule has 0 aromatic carbocycles. The molecule has 3 nitrogen and oxygen atoms in total. The van der Waals surface area contributed by atoms with E-state index in [9.17, 15) is 4.79 Å². The van der Waals surface area contributed by atoms with Crippen molar-refractivity contribution < 1.29 is 4.79 Å². The summed E-state index contributed by atoms with van der Waals surface area (Å²) >= 11 is 7.27. The first kappa shape index (κ1) is 15.8. The Kier molecular flexibility index (Phi) is 5.92. The van der Waals surface area contributed by atoms with Crippen molar-refractivity contribution in [2.24, 2.45) is 5.73 Å². The molecule has 6 heteroatoms. The van der Waals surface area contributed by atoms with Gasteiger partial charge in [-0.05, 0) is 24.3 Å². The maximum atomic E-state index is 11.9. The molecule has 1 aliphatic rings. The first-order chi connectivity index (χ1) is 8.11. The van der Waals surface area contributed by atoms with E-state index in [1.807, 2.05) is 5.38 Å². The Hall–Kier alpha value is -0.290. The lowest BCUT2D eigenvalue weighted by atomic mass is 9.82. The van der Waals surface area contributed by atoms with Gasteiger partial charge in [0.05, 0.1) is 5.02 Å². The van der Waals surface area contributed by atoms with E-state index >= 15 is 0 Å². The van der Waals surface area contributed by atoms with Crippen LogP contribution in [0.3, 0.4) is 0 Å². The quantitative estimate of drug-likeness (QED) is 0.901. The molecule has 0 radical (unpaired) electrons. The number of thiophene rings is 1. The summed E-state index contributed by atoms with van der Waals surface area (Å²) in [7, 11) is 0. The predicted octanol–water partition coefficient (Wildman–Crippen LogP) is 3.21. The standard InChI is InChI=1S/C12H17ClN2OS.ClH/c13-9-4-7-17-10(9)11(16)15-8-12(14)5-2-1-3-6-12;/h4,7H,1-3,5-6,8,14H2,(H,15,16);1H. The molecule has 0 spiro atoms. The third kappa shape index (κ3) is 3.85. The Labute approximate surface area is 122 Å². The number of hydrogen-bond donors (Lipinski definition) is 2. The van der Waals surface area contributed by atoms with E-state index in [2.05, 4.69) is 5.32 Å². The zero-order chi connectivity index (χ0) is 12.3. The van der Waals surface area contributed by atoms with Crippen LogP contribution in [0, 0.1) is 0 Å². The highest BCUT2D eigenvalue weighted by atomic mass is 35.5. The summed E-state index contributed by atoms with van der Waals surface area (Å²) in [4.78, 5) is 12.4. The number of nitrogens with one attached hydrogen (secondary N) is 1. The first-order valence-electron chi connectivity index (χ1n) is 5.91. The van der Waals surface area contributed by atoms with Gasteiger partial charge in [-0.25, -0.2) is 0 Å². The average molecular weight is 309 g/mol. The smallest absolute Gasteiger partial charge is 0.262 e. The van der Waals surface area contributed by atoms with Gasteiger partial charge >= 0.3 is 0 Å². The predicted molar refractivity (Wildman–Crippen MR) is 78.9 cm³/mol. The van der Waals surface area contributed by atoms with E-state index < -0.39 is 0 Å². The van der Waals surface area contributed by atoms with Crippen LogP contribution in [0.2, 0.25) is 5.02 Å². The lowest BCUT2D eigenvalue weighted by Gasteiger charge is -2.33. The fourth-order valence-electron chi connectivity index (χ4n) is 2.23. The second kappa shape index (κ2) is 6.75. The molecule has 0 unspecified atom stereocenters. The minimum absolute atomic E-state index is 0. The van der Waals surface area contributed by atoms with Crippen LogP contribution >= 0.6 is 35.3 Å². The van der Waals surface area contributed by atoms with Gasteiger partial charge in [0.15, 0.2) is 0 Å². The van der Waals surface area contributed by atoms with Crippen LogP contribution < -0.4 is 11.1 Å². The number of hydrogen-bond acceptors (Lipinski definition) is 3. The number of rotatable bonds is 3. The molecule has 0 bridgehead atoms. The summed E-state index contributed by atoms with van der Waals surface area (Å²) in [6.07, 6.45) is 5.55. The van der Waals surface area contributed by atoms with Crippen molar-refractivity contribution in [2.75, 3.05) is 6.54 Å². The first-order valence-corrected chi connectivity index (χ1v) is 7.17. The summed E-state index contributed by atoms with van der Waals surface area (Å²) in [5, 5.41) is 5.23. The van der Waals surface area contributed by atoms with Gasteiger partial charge in [0.1, 0.15) is 4.88 Å². The number of carbonyl (C=O) groups is 1. The van der Waals surface area contributed by atoms with Crippen LogP contribution in [0.5, 0.6) is 0 Å². The summed E-state index contributed by atoms with van der Waals surface area (Å²) in [6.45, 7) is 0.542. The van der Waals surface area contributed by atoms with Gasteiger partial charge in [0.25, 0.3) is 5.91 Å². The third-order valence-electron chi connectivity index (χ3n) is 3.27. The molecule has 1 aromatic rings. The molecular formula is C12H18Cl2N2OS. The Morgan fingerprint density at radius 3 is 2.67 bits per heavy atom. The topological polar surface area (TPSA) is 55.1 Å². The molecule has 0 aliphatic heterocycles. The maximum Gasteiger partial charge on any atom is 0.262 e. The molecule has 1 heterocycles. The normalized spacial score (nSPS) is 17.9. The average Bonchev–Trinajstić information content (AvgIpc) is 2.74. The molecule has 1 amide bonds. The summed E-state index contributed by atoms with van der Waals surface area (Å²) in [5.74, 6) is -0.111. The van der Waals surface area contributed by atoms with E-state index in [-0.39, 0.29) is 23.9 Å². The Morgan fingerprint density at radius 1 is 1.44 bits per heavy atom. The molecule has 18 heavy (non-hydrogen) atoms. The van der Waals surface area contributed by atoms with E-state index in [0.717, 1.165) is 25.7 Å². The van der Waals surface area contributed by atoms with E-state index in [4.69, 9.17) is 17.3 Å². The van der Waals surface area contributed by atoms with Crippen molar-refractivity contribution in [3.8, 4) is 0 Å². The summed E-state index contributed by atoms with van der Waals surface area (Å²) < 4.78 is 0. The van der Waals surface area contributed by atoms with Crippen LogP contribution in [0.1, 0.15) is 41.8 Å². The fraction of sp³-hybridized carbons (Fsp3) is 0.583. The second-order valence-electron chi connectivity index (χ2n) is 4.70. The van der Waals surface area contributed by atoms with Gasteiger partial charge in [-0.3, -0.25) is 4.79 Å². The Morgan fingerprint density at radius 2 is 2.11 bits per heavy atom. The Bertz CT molecular complexity index is 403. The molecule has 0 saturated heterocycles. The van der Waals surface area contributed by atoms with Gasteiger partial charge in [-0.15, -0.1) is 23.7 Å². The fourth-order valence-corrected chi connectivity index (χ4v) is 3.28. The number of nitrogens with two attached hydrogens (primary N) is 1. The van der Waals surface area contributed by atoms with Crippen LogP contribution in [0.25, 0.3) is 0 Å². The highest BCUT2D eigenvalue weighted by molar-refractivity contribution is 7.12. The van der Waals surface area contributed by atoms with E-state index in [1.165, 1.54) is 17.8 Å². The van der Waals surface area contributed by atoms with Crippen LogP contribution in [0.4, 0.5) is 0 Å². The van der Waals surface area contributed by atoms with E-state index in [1.54, 1.807) is 6.07 Å². The van der Waals surface area contributed by atoms with Gasteiger partial charge in [0.2, 0.25) is 0 Å². The van der Waals surface area contributed by atoms with Crippen LogP contribution in [-0.2, 0) is 0 Å². The van der Waals surface area contributed by atoms with E-state index in [0.29, 0.717) is 16.4 Å². The molecule has 1 aliphatic carbocycles. The molecule has 102 valence electrons. The third-order valence-corrected chi connectivity index (χ3v) is 4.61. The second-order valence-corrected chi connectivity index (χ2v) is 6.03. The van der Waals surface area contributed by atoms with Gasteiger partial charge in [-0.2, -0.15) is 0 Å². The van der Waals surface area contributed by atoms with Crippen LogP contribution in [-0.4, -0.2) is 18.0 Å². The summed E-state index contributed by atoms with van der Waals surface area (Å²) in [5.41, 5.74) is 6.03. The lowest BCUT2D eigenvalue weighted by molar-refractivity contribution is 0.0942. The zero-order valence-electron chi connectivity index (χ0n) is 10.1. The zero-order valence-corrected chi connectivity index (χ0v) is 12.5. The molecule has 2 rings (SSSR count). The number of carbonyl (C=O) groups excluding carboxylic acids is 1. The molecular weight excluding hydrogens is 291 g/mol. The SMILES string of the molecule is Cl.NC1(CNC(=O)c2sccc2Cl)CCCCC1. The van der Waals surface area contributed by atoms with Crippen molar-refractivity contribution in [3.63, 3.8) is 0 Å². The molecule has 1 saturated carbocycles. The maximum absolute atomic E-state index is 11.9. The Balaban J connectivity index is 0.00000162. The highest BCUT2D eigenvalue weighted by Crippen LogP contribution is 2.26. The molecule has 0 atom stereocenters. The van der Waals surface area contributed by atoms with Gasteiger partial charge in [0, 0.05) is 12.1 Å². The van der Waals surface area contributed by atoms with Crippen molar-refractivity contribution in [1.82, 2.24) is 5.32 Å². The minimum Gasteiger partial charge on any atom is -0.349 e. The number of halogens is 2. The van der Waals surface area contributed by atoms with Crippen LogP contribution in [0.15, 0.2) is 11.4 Å². The summed E-state index contributed by atoms with van der Waals surface area (Å²) in [6, 6.07) is 1.74. The van der Waals surface area contributed by atoms with Crippen molar-refractivity contribution in [1.29, 1.82) is 0 Å². The largest absolute Gasteiger partial charge is 0.349 e. The number of amides is 1. The van der Waals surface area contributed by atoms with Crippen molar-refractivity contribution >= 4 is 41.3 Å². The minimum atomic E-state index is -0.225. The monoisotopic (exact) mass is 308 g/mol. The van der Waals surface area contributed by atoms with Crippen molar-refractivity contribution in [3.05, 3.63) is 21.3 Å².